The van der Waals surface area contributed by atoms with Gasteiger partial charge in [0.2, 0.25) is 0 Å². The molecule has 2 rings (SSSR count). The van der Waals surface area contributed by atoms with Crippen LogP contribution < -0.4 is 14.8 Å². The fourth-order valence-electron chi connectivity index (χ4n) is 2.30. The summed E-state index contributed by atoms with van der Waals surface area (Å²) in [6.07, 6.45) is 0. The quantitative estimate of drug-likeness (QED) is 0.887. The summed E-state index contributed by atoms with van der Waals surface area (Å²) in [6.45, 7) is 2.33. The zero-order chi connectivity index (χ0) is 16.8. The number of nitrogens with one attached hydrogen (secondary N) is 1. The Balaban J connectivity index is 2.27. The molecule has 1 N–H and O–H groups in total. The van der Waals surface area contributed by atoms with Gasteiger partial charge in [0, 0.05) is 18.2 Å². The van der Waals surface area contributed by atoms with E-state index in [1.165, 1.54) is 0 Å². The van der Waals surface area contributed by atoms with E-state index in [-0.39, 0.29) is 5.91 Å². The zero-order valence-electron chi connectivity index (χ0n) is 13.8. The van der Waals surface area contributed by atoms with Crippen molar-refractivity contribution >= 4 is 11.6 Å². The van der Waals surface area contributed by atoms with Crippen LogP contribution in [0.15, 0.2) is 36.4 Å². The molecule has 0 aromatic heterocycles. The van der Waals surface area contributed by atoms with Crippen molar-refractivity contribution in [3.63, 3.8) is 0 Å². The molecular formula is C18H21NO4. The second-order valence-electron chi connectivity index (χ2n) is 5.12. The van der Waals surface area contributed by atoms with E-state index in [1.54, 1.807) is 39.5 Å². The first-order valence-corrected chi connectivity index (χ1v) is 7.21. The Labute approximate surface area is 136 Å². The van der Waals surface area contributed by atoms with Crippen molar-refractivity contribution in [3.05, 3.63) is 53.1 Å². The third-order valence-electron chi connectivity index (χ3n) is 3.45. The lowest BCUT2D eigenvalue weighted by Gasteiger charge is -2.13. The Morgan fingerprint density at radius 1 is 1.00 bits per heavy atom. The Morgan fingerprint density at radius 2 is 1.70 bits per heavy atom. The lowest BCUT2D eigenvalue weighted by Crippen LogP contribution is -2.13. The topological polar surface area (TPSA) is 56.8 Å². The normalized spacial score (nSPS) is 10.3. The van der Waals surface area contributed by atoms with Crippen LogP contribution in [0.5, 0.6) is 11.5 Å². The van der Waals surface area contributed by atoms with Crippen molar-refractivity contribution in [1.29, 1.82) is 0 Å². The number of hydrogen-bond acceptors (Lipinski definition) is 4. The fourth-order valence-corrected chi connectivity index (χ4v) is 2.30. The van der Waals surface area contributed by atoms with Crippen molar-refractivity contribution in [3.8, 4) is 11.5 Å². The maximum Gasteiger partial charge on any atom is 0.255 e. The second kappa shape index (κ2) is 7.65. The van der Waals surface area contributed by atoms with Crippen LogP contribution in [0.1, 0.15) is 21.5 Å². The number of aryl methyl sites for hydroxylation is 1. The third-order valence-corrected chi connectivity index (χ3v) is 3.45. The molecule has 1 amide bonds. The highest BCUT2D eigenvalue weighted by molar-refractivity contribution is 6.05. The Kier molecular flexibility index (Phi) is 5.60. The van der Waals surface area contributed by atoms with E-state index >= 15 is 0 Å². The second-order valence-corrected chi connectivity index (χ2v) is 5.12. The molecule has 0 heterocycles. The molecule has 0 unspecified atom stereocenters. The minimum atomic E-state index is -0.214. The molecule has 0 saturated carbocycles. The van der Waals surface area contributed by atoms with Gasteiger partial charge in [0.25, 0.3) is 5.91 Å². The van der Waals surface area contributed by atoms with Gasteiger partial charge < -0.3 is 19.5 Å². The SMILES string of the molecule is COCc1cc(C(=O)Nc2cc(C)ccc2OC)ccc1OC. The molecule has 0 saturated heterocycles. The molecule has 5 heteroatoms. The van der Waals surface area contributed by atoms with Gasteiger partial charge in [-0.1, -0.05) is 6.07 Å². The number of carbonyl (C=O) groups is 1. The molecule has 122 valence electrons. The van der Waals surface area contributed by atoms with Gasteiger partial charge in [-0.05, 0) is 42.8 Å². The van der Waals surface area contributed by atoms with Crippen molar-refractivity contribution in [2.45, 2.75) is 13.5 Å². The van der Waals surface area contributed by atoms with Gasteiger partial charge in [-0.25, -0.2) is 0 Å². The minimum Gasteiger partial charge on any atom is -0.496 e. The molecule has 0 aliphatic carbocycles. The number of methoxy groups -OCH3 is 3. The summed E-state index contributed by atoms with van der Waals surface area (Å²) >= 11 is 0. The van der Waals surface area contributed by atoms with Crippen LogP contribution in [0.2, 0.25) is 0 Å². The summed E-state index contributed by atoms with van der Waals surface area (Å²) in [5.74, 6) is 1.10. The highest BCUT2D eigenvalue weighted by Crippen LogP contribution is 2.26. The Hall–Kier alpha value is -2.53. The number of amides is 1. The van der Waals surface area contributed by atoms with Gasteiger partial charge in [0.05, 0.1) is 26.5 Å². The average molecular weight is 315 g/mol. The molecule has 5 nitrogen and oxygen atoms in total. The van der Waals surface area contributed by atoms with Gasteiger partial charge in [-0.2, -0.15) is 0 Å². The van der Waals surface area contributed by atoms with Crippen LogP contribution in [-0.2, 0) is 11.3 Å². The third kappa shape index (κ3) is 4.02. The van der Waals surface area contributed by atoms with E-state index in [9.17, 15) is 4.79 Å². The highest BCUT2D eigenvalue weighted by Gasteiger charge is 2.13. The number of benzene rings is 2. The fraction of sp³-hybridized carbons (Fsp3) is 0.278. The molecule has 0 spiro atoms. The minimum absolute atomic E-state index is 0.214. The predicted octanol–water partition coefficient (Wildman–Crippen LogP) is 3.41. The molecule has 0 bridgehead atoms. The maximum atomic E-state index is 12.5. The Bertz CT molecular complexity index is 697. The lowest BCUT2D eigenvalue weighted by atomic mass is 10.1. The van der Waals surface area contributed by atoms with Crippen molar-refractivity contribution in [2.75, 3.05) is 26.6 Å². The molecular weight excluding hydrogens is 294 g/mol. The van der Waals surface area contributed by atoms with E-state index in [1.807, 2.05) is 25.1 Å². The number of rotatable bonds is 6. The van der Waals surface area contributed by atoms with E-state index in [0.717, 1.165) is 11.1 Å². The van der Waals surface area contributed by atoms with Gasteiger partial charge in [-0.3, -0.25) is 4.79 Å². The summed E-state index contributed by atoms with van der Waals surface area (Å²) in [6, 6.07) is 10.9. The molecule has 0 aliphatic rings. The van der Waals surface area contributed by atoms with Crippen molar-refractivity contribution in [1.82, 2.24) is 0 Å². The standard InChI is InChI=1S/C18H21NO4/c1-12-5-7-17(23-4)15(9-12)19-18(20)13-6-8-16(22-3)14(10-13)11-21-2/h5-10H,11H2,1-4H3,(H,19,20). The van der Waals surface area contributed by atoms with Crippen LogP contribution in [-0.4, -0.2) is 27.2 Å². The van der Waals surface area contributed by atoms with Gasteiger partial charge in [0.15, 0.2) is 0 Å². The highest BCUT2D eigenvalue weighted by atomic mass is 16.5. The molecule has 2 aromatic carbocycles. The van der Waals surface area contributed by atoms with Gasteiger partial charge in [-0.15, -0.1) is 0 Å². The predicted molar refractivity (Wildman–Crippen MR) is 89.4 cm³/mol. The van der Waals surface area contributed by atoms with Crippen LogP contribution in [0, 0.1) is 6.92 Å². The first-order chi connectivity index (χ1) is 11.1. The van der Waals surface area contributed by atoms with Crippen LogP contribution in [0.4, 0.5) is 5.69 Å². The lowest BCUT2D eigenvalue weighted by molar-refractivity contribution is 0.102. The first kappa shape index (κ1) is 16.8. The monoisotopic (exact) mass is 315 g/mol. The van der Waals surface area contributed by atoms with Crippen LogP contribution in [0.3, 0.4) is 0 Å². The Morgan fingerprint density at radius 3 is 2.35 bits per heavy atom. The largest absolute Gasteiger partial charge is 0.496 e. The summed E-state index contributed by atoms with van der Waals surface area (Å²) in [5.41, 5.74) is 3.03. The summed E-state index contributed by atoms with van der Waals surface area (Å²) in [4.78, 5) is 12.5. The first-order valence-electron chi connectivity index (χ1n) is 7.21. The average Bonchev–Trinajstić information content (AvgIpc) is 2.55. The van der Waals surface area contributed by atoms with Gasteiger partial charge in [0.1, 0.15) is 11.5 Å². The molecule has 2 aromatic rings. The number of carbonyl (C=O) groups excluding carboxylic acids is 1. The summed E-state index contributed by atoms with van der Waals surface area (Å²) in [5, 5.41) is 2.88. The van der Waals surface area contributed by atoms with Crippen LogP contribution in [0.25, 0.3) is 0 Å². The molecule has 23 heavy (non-hydrogen) atoms. The van der Waals surface area contributed by atoms with Crippen molar-refractivity contribution in [2.24, 2.45) is 0 Å². The van der Waals surface area contributed by atoms with E-state index < -0.39 is 0 Å². The van der Waals surface area contributed by atoms with E-state index in [2.05, 4.69) is 5.32 Å². The molecule has 0 fully saturated rings. The van der Waals surface area contributed by atoms with E-state index in [4.69, 9.17) is 14.2 Å². The number of hydrogen-bond donors (Lipinski definition) is 1. The van der Waals surface area contributed by atoms with E-state index in [0.29, 0.717) is 29.4 Å². The molecule has 0 radical (unpaired) electrons. The number of ether oxygens (including phenoxy) is 3. The number of anilines is 1. The maximum absolute atomic E-state index is 12.5. The van der Waals surface area contributed by atoms with Crippen molar-refractivity contribution < 1.29 is 19.0 Å². The summed E-state index contributed by atoms with van der Waals surface area (Å²) in [7, 11) is 4.76. The molecule has 0 atom stereocenters. The zero-order valence-corrected chi connectivity index (χ0v) is 13.8. The van der Waals surface area contributed by atoms with Gasteiger partial charge >= 0.3 is 0 Å². The smallest absolute Gasteiger partial charge is 0.255 e. The summed E-state index contributed by atoms with van der Waals surface area (Å²) < 4.78 is 15.7. The van der Waals surface area contributed by atoms with Crippen LogP contribution >= 0.6 is 0 Å². The molecule has 0 aliphatic heterocycles.